The van der Waals surface area contributed by atoms with Crippen LogP contribution in [0.3, 0.4) is 0 Å². The molecule has 2 heterocycles. The van der Waals surface area contributed by atoms with Gasteiger partial charge in [0.25, 0.3) is 10.0 Å². The number of anilines is 2. The second-order valence-electron chi connectivity index (χ2n) is 8.26. The number of sulfonamides is 1. The third kappa shape index (κ3) is 5.58. The van der Waals surface area contributed by atoms with E-state index < -0.39 is 38.4 Å². The van der Waals surface area contributed by atoms with Crippen molar-refractivity contribution in [2.75, 3.05) is 36.4 Å². The molecule has 0 saturated carbocycles. The number of nitrogens with zero attached hydrogens (tertiary/aromatic N) is 3. The number of nitrogens with one attached hydrogen (secondary N) is 1. The van der Waals surface area contributed by atoms with Crippen LogP contribution in [-0.2, 0) is 27.2 Å². The average molecular weight is 534 g/mol. The van der Waals surface area contributed by atoms with Crippen LogP contribution in [0.4, 0.5) is 37.7 Å². The normalized spacial score (nSPS) is 17.8. The van der Waals surface area contributed by atoms with E-state index in [0.29, 0.717) is 30.9 Å². The number of amidine groups is 1. The van der Waals surface area contributed by atoms with Gasteiger partial charge in [0.05, 0.1) is 16.8 Å². The Kier molecular flexibility index (Phi) is 6.66. The number of benzene rings is 2. The molecule has 0 atom stereocenters. The van der Waals surface area contributed by atoms with Gasteiger partial charge in [-0.3, -0.25) is 4.79 Å². The van der Waals surface area contributed by atoms with Gasteiger partial charge in [-0.1, -0.05) is 6.07 Å². The fourth-order valence-corrected chi connectivity index (χ4v) is 5.14. The maximum absolute atomic E-state index is 13.0. The van der Waals surface area contributed by atoms with Crippen LogP contribution in [0.25, 0.3) is 0 Å². The minimum absolute atomic E-state index is 0.151. The molecule has 2 aromatic rings. The molecule has 0 radical (unpaired) electrons. The van der Waals surface area contributed by atoms with Crippen molar-refractivity contribution in [1.29, 1.82) is 0 Å². The summed E-state index contributed by atoms with van der Waals surface area (Å²) in [6.45, 7) is 1.08. The average Bonchev–Trinajstić information content (AvgIpc) is 2.81. The van der Waals surface area contributed by atoms with Crippen LogP contribution in [0.1, 0.15) is 24.0 Å². The van der Waals surface area contributed by atoms with Crippen LogP contribution in [0, 0.1) is 0 Å². The number of piperazine rings is 1. The number of carbonyl (C=O) groups is 1. The summed E-state index contributed by atoms with van der Waals surface area (Å²) in [6.07, 6.45) is -9.44. The van der Waals surface area contributed by atoms with E-state index in [2.05, 4.69) is 9.71 Å². The summed E-state index contributed by atoms with van der Waals surface area (Å²) in [4.78, 5) is 15.5. The van der Waals surface area contributed by atoms with Crippen molar-refractivity contribution < 1.29 is 39.6 Å². The first-order valence-electron chi connectivity index (χ1n) is 10.8. The minimum atomic E-state index is -4.67. The van der Waals surface area contributed by atoms with Crippen molar-refractivity contribution in [2.24, 2.45) is 4.40 Å². The number of carbonyl (C=O) groups excluding carboxylic acids is 1. The van der Waals surface area contributed by atoms with Gasteiger partial charge >= 0.3 is 12.4 Å². The lowest BCUT2D eigenvalue weighted by Crippen LogP contribution is -2.49. The Balaban J connectivity index is 1.36. The van der Waals surface area contributed by atoms with Gasteiger partial charge in [0.2, 0.25) is 5.91 Å². The zero-order chi connectivity index (χ0) is 26.3. The Hall–Kier alpha value is -3.29. The predicted octanol–water partition coefficient (Wildman–Crippen LogP) is 4.37. The molecular weight excluding hydrogens is 514 g/mol. The molecule has 0 spiro atoms. The fraction of sp³-hybridized carbons (Fsp3) is 0.364. The topological polar surface area (TPSA) is 82.1 Å². The molecule has 2 aliphatic rings. The van der Waals surface area contributed by atoms with Gasteiger partial charge in [-0.05, 0) is 36.4 Å². The van der Waals surface area contributed by atoms with E-state index >= 15 is 0 Å². The van der Waals surface area contributed by atoms with Crippen LogP contribution in [-0.4, -0.2) is 51.2 Å². The van der Waals surface area contributed by atoms with Crippen molar-refractivity contribution in [3.63, 3.8) is 0 Å². The lowest BCUT2D eigenvalue weighted by Gasteiger charge is -2.36. The molecule has 0 aliphatic carbocycles. The molecule has 2 aliphatic heterocycles. The first-order chi connectivity index (χ1) is 16.7. The Bertz CT molecular complexity index is 1300. The lowest BCUT2D eigenvalue weighted by atomic mass is 10.1. The summed E-state index contributed by atoms with van der Waals surface area (Å²) in [5, 5.41) is 2.57. The highest BCUT2D eigenvalue weighted by Gasteiger charge is 2.34. The molecule has 2 aromatic carbocycles. The highest BCUT2D eigenvalue weighted by molar-refractivity contribution is 7.90. The SMILES string of the molecule is O=C(CCC1=NS(=O)(=O)c2ccc(C(F)(F)F)cc2N1)N1CCN(c2cccc(C(F)(F)F)c2)CC1. The fourth-order valence-electron chi connectivity index (χ4n) is 3.99. The first kappa shape index (κ1) is 25.8. The van der Waals surface area contributed by atoms with Gasteiger partial charge in [-0.25, -0.2) is 0 Å². The molecule has 0 bridgehead atoms. The van der Waals surface area contributed by atoms with Gasteiger partial charge < -0.3 is 15.1 Å². The summed E-state index contributed by atoms with van der Waals surface area (Å²) < 4.78 is 106. The summed E-state index contributed by atoms with van der Waals surface area (Å²) in [5.74, 6) is -0.492. The second kappa shape index (κ2) is 9.30. The zero-order valence-corrected chi connectivity index (χ0v) is 19.3. The van der Waals surface area contributed by atoms with Crippen molar-refractivity contribution in [1.82, 2.24) is 4.90 Å². The Morgan fingerprint density at radius 3 is 2.19 bits per heavy atom. The molecule has 4 rings (SSSR count). The van der Waals surface area contributed by atoms with Crippen LogP contribution in [0.15, 0.2) is 51.8 Å². The third-order valence-electron chi connectivity index (χ3n) is 5.84. The van der Waals surface area contributed by atoms with E-state index in [-0.39, 0.29) is 43.4 Å². The van der Waals surface area contributed by atoms with Gasteiger partial charge in [0, 0.05) is 44.7 Å². The van der Waals surface area contributed by atoms with E-state index in [0.717, 1.165) is 18.2 Å². The van der Waals surface area contributed by atoms with Crippen molar-refractivity contribution in [3.8, 4) is 0 Å². The summed E-state index contributed by atoms with van der Waals surface area (Å²) >= 11 is 0. The van der Waals surface area contributed by atoms with Crippen molar-refractivity contribution >= 4 is 33.1 Å². The molecule has 1 N–H and O–H groups in total. The largest absolute Gasteiger partial charge is 0.416 e. The molecule has 36 heavy (non-hydrogen) atoms. The summed E-state index contributed by atoms with van der Waals surface area (Å²) in [7, 11) is -4.23. The third-order valence-corrected chi connectivity index (χ3v) is 7.21. The maximum atomic E-state index is 13.0. The van der Waals surface area contributed by atoms with Gasteiger partial charge in [0.1, 0.15) is 10.7 Å². The van der Waals surface area contributed by atoms with Gasteiger partial charge in [0.15, 0.2) is 0 Å². The van der Waals surface area contributed by atoms with E-state index in [4.69, 9.17) is 0 Å². The lowest BCUT2D eigenvalue weighted by molar-refractivity contribution is -0.138. The molecule has 1 saturated heterocycles. The highest BCUT2D eigenvalue weighted by atomic mass is 32.2. The highest BCUT2D eigenvalue weighted by Crippen LogP contribution is 2.36. The van der Waals surface area contributed by atoms with Crippen molar-refractivity contribution in [3.05, 3.63) is 53.6 Å². The van der Waals surface area contributed by atoms with E-state index in [9.17, 15) is 39.6 Å². The standard InChI is InChI=1S/C22H20F6N4O3S/c23-21(24,25)14-2-1-3-16(12-14)31-8-10-32(11-9-31)20(33)7-6-19-29-17-13-15(22(26,27)28)4-5-18(17)36(34,35)30-19/h1-5,12-13H,6-11H2,(H,29,30). The summed E-state index contributed by atoms with van der Waals surface area (Å²) in [5.41, 5.74) is -1.67. The molecular formula is C22H20F6N4O3S. The molecule has 7 nitrogen and oxygen atoms in total. The van der Waals surface area contributed by atoms with Gasteiger partial charge in [-0.15, -0.1) is 4.40 Å². The summed E-state index contributed by atoms with van der Waals surface area (Å²) in [6, 6.07) is 7.06. The molecule has 0 aromatic heterocycles. The smallest absolute Gasteiger partial charge is 0.368 e. The molecule has 0 unspecified atom stereocenters. The number of hydrogen-bond donors (Lipinski definition) is 1. The number of hydrogen-bond acceptors (Lipinski definition) is 5. The Morgan fingerprint density at radius 1 is 0.917 bits per heavy atom. The molecule has 1 amide bonds. The number of rotatable bonds is 4. The van der Waals surface area contributed by atoms with Crippen LogP contribution < -0.4 is 10.2 Å². The van der Waals surface area contributed by atoms with E-state index in [1.54, 1.807) is 11.0 Å². The molecule has 1 fully saturated rings. The van der Waals surface area contributed by atoms with E-state index in [1.165, 1.54) is 11.0 Å². The van der Waals surface area contributed by atoms with Crippen molar-refractivity contribution in [2.45, 2.75) is 30.1 Å². The Labute approximate surface area is 202 Å². The first-order valence-corrected chi connectivity index (χ1v) is 12.2. The number of fused-ring (bicyclic) bond motifs is 1. The monoisotopic (exact) mass is 534 g/mol. The number of halogens is 6. The number of amides is 1. The van der Waals surface area contributed by atoms with E-state index in [1.807, 2.05) is 0 Å². The quantitative estimate of drug-likeness (QED) is 0.590. The molecule has 14 heteroatoms. The second-order valence-corrected chi connectivity index (χ2v) is 9.84. The van der Waals surface area contributed by atoms with Gasteiger partial charge in [-0.2, -0.15) is 34.8 Å². The van der Waals surface area contributed by atoms with Crippen LogP contribution >= 0.6 is 0 Å². The zero-order valence-electron chi connectivity index (χ0n) is 18.5. The Morgan fingerprint density at radius 2 is 1.56 bits per heavy atom. The van der Waals surface area contributed by atoms with Crippen LogP contribution in [0.5, 0.6) is 0 Å². The molecule has 194 valence electrons. The maximum Gasteiger partial charge on any atom is 0.416 e. The predicted molar refractivity (Wildman–Crippen MR) is 119 cm³/mol. The van der Waals surface area contributed by atoms with Crippen LogP contribution in [0.2, 0.25) is 0 Å². The minimum Gasteiger partial charge on any atom is -0.368 e. The number of alkyl halides is 6.